The summed E-state index contributed by atoms with van der Waals surface area (Å²) < 4.78 is 10.4. The minimum Gasteiger partial charge on any atom is -0.497 e. The zero-order valence-corrected chi connectivity index (χ0v) is 13.4. The molecule has 4 nitrogen and oxygen atoms in total. The van der Waals surface area contributed by atoms with Crippen molar-refractivity contribution >= 4 is 11.6 Å². The van der Waals surface area contributed by atoms with Crippen LogP contribution in [0.1, 0.15) is 16.7 Å². The van der Waals surface area contributed by atoms with Crippen LogP contribution in [0, 0.1) is 13.8 Å². The van der Waals surface area contributed by atoms with Crippen molar-refractivity contribution in [1.29, 1.82) is 0 Å². The summed E-state index contributed by atoms with van der Waals surface area (Å²) in [6.07, 6.45) is 0.334. The molecule has 0 unspecified atom stereocenters. The second-order valence-electron chi connectivity index (χ2n) is 5.24. The third kappa shape index (κ3) is 4.01. The fraction of sp³-hybridized carbons (Fsp3) is 0.278. The van der Waals surface area contributed by atoms with E-state index in [1.165, 1.54) is 11.1 Å². The van der Waals surface area contributed by atoms with Gasteiger partial charge in [-0.15, -0.1) is 0 Å². The molecule has 0 radical (unpaired) electrons. The van der Waals surface area contributed by atoms with Gasteiger partial charge < -0.3 is 14.8 Å². The van der Waals surface area contributed by atoms with Gasteiger partial charge in [0.1, 0.15) is 11.5 Å². The SMILES string of the molecule is COc1cc(NC(=O)Cc2ccc(C)c(C)c2)cc(OC)c1. The van der Waals surface area contributed by atoms with Crippen LogP contribution in [0.3, 0.4) is 0 Å². The highest BCUT2D eigenvalue weighted by Gasteiger charge is 2.08. The number of rotatable bonds is 5. The maximum atomic E-state index is 12.2. The molecule has 1 amide bonds. The number of carbonyl (C=O) groups excluding carboxylic acids is 1. The predicted molar refractivity (Wildman–Crippen MR) is 87.8 cm³/mol. The molecule has 0 saturated heterocycles. The Morgan fingerprint density at radius 1 is 0.955 bits per heavy atom. The summed E-state index contributed by atoms with van der Waals surface area (Å²) in [6.45, 7) is 4.10. The number of anilines is 1. The topological polar surface area (TPSA) is 47.6 Å². The lowest BCUT2D eigenvalue weighted by Gasteiger charge is -2.10. The largest absolute Gasteiger partial charge is 0.497 e. The van der Waals surface area contributed by atoms with Crippen molar-refractivity contribution in [3.63, 3.8) is 0 Å². The lowest BCUT2D eigenvalue weighted by atomic mass is 10.0. The van der Waals surface area contributed by atoms with Crippen LogP contribution in [0.25, 0.3) is 0 Å². The lowest BCUT2D eigenvalue weighted by Crippen LogP contribution is -2.14. The molecular weight excluding hydrogens is 278 g/mol. The highest BCUT2D eigenvalue weighted by molar-refractivity contribution is 5.92. The van der Waals surface area contributed by atoms with Gasteiger partial charge >= 0.3 is 0 Å². The van der Waals surface area contributed by atoms with Crippen LogP contribution < -0.4 is 14.8 Å². The van der Waals surface area contributed by atoms with Crippen molar-refractivity contribution in [1.82, 2.24) is 0 Å². The maximum absolute atomic E-state index is 12.2. The molecule has 0 fully saturated rings. The number of carbonyl (C=O) groups is 1. The number of hydrogen-bond acceptors (Lipinski definition) is 3. The van der Waals surface area contributed by atoms with E-state index >= 15 is 0 Å². The Labute approximate surface area is 131 Å². The molecule has 1 N–H and O–H groups in total. The van der Waals surface area contributed by atoms with Crippen LogP contribution >= 0.6 is 0 Å². The smallest absolute Gasteiger partial charge is 0.228 e. The standard InChI is InChI=1S/C18H21NO3/c1-12-5-6-14(7-13(12)2)8-18(20)19-15-9-16(21-3)11-17(10-15)22-4/h5-7,9-11H,8H2,1-4H3,(H,19,20). The van der Waals surface area contributed by atoms with E-state index in [2.05, 4.69) is 12.2 Å². The normalized spacial score (nSPS) is 10.2. The monoisotopic (exact) mass is 299 g/mol. The number of methoxy groups -OCH3 is 2. The van der Waals surface area contributed by atoms with Crippen LogP contribution in [-0.2, 0) is 11.2 Å². The van der Waals surface area contributed by atoms with Crippen molar-refractivity contribution in [2.45, 2.75) is 20.3 Å². The first-order valence-corrected chi connectivity index (χ1v) is 7.11. The summed E-state index contributed by atoms with van der Waals surface area (Å²) in [4.78, 5) is 12.2. The molecule has 4 heteroatoms. The molecule has 0 spiro atoms. The summed E-state index contributed by atoms with van der Waals surface area (Å²) in [5.74, 6) is 1.21. The van der Waals surface area contributed by atoms with E-state index in [0.29, 0.717) is 23.6 Å². The lowest BCUT2D eigenvalue weighted by molar-refractivity contribution is -0.115. The molecule has 0 saturated carbocycles. The second kappa shape index (κ2) is 6.98. The first-order valence-electron chi connectivity index (χ1n) is 7.11. The molecule has 2 aromatic carbocycles. The van der Waals surface area contributed by atoms with Gasteiger partial charge in [0.2, 0.25) is 5.91 Å². The Balaban J connectivity index is 2.09. The number of amides is 1. The second-order valence-corrected chi connectivity index (χ2v) is 5.24. The third-order valence-electron chi connectivity index (χ3n) is 3.57. The maximum Gasteiger partial charge on any atom is 0.228 e. The van der Waals surface area contributed by atoms with Gasteiger partial charge in [0.15, 0.2) is 0 Å². The zero-order valence-electron chi connectivity index (χ0n) is 13.4. The molecule has 0 atom stereocenters. The summed E-state index contributed by atoms with van der Waals surface area (Å²) in [5, 5.41) is 2.87. The van der Waals surface area contributed by atoms with Gasteiger partial charge in [-0.2, -0.15) is 0 Å². The Morgan fingerprint density at radius 3 is 2.14 bits per heavy atom. The van der Waals surface area contributed by atoms with Gasteiger partial charge in [0.05, 0.1) is 20.6 Å². The first-order chi connectivity index (χ1) is 10.5. The zero-order chi connectivity index (χ0) is 16.1. The van der Waals surface area contributed by atoms with Crippen LogP contribution in [0.4, 0.5) is 5.69 Å². The molecule has 2 aromatic rings. The van der Waals surface area contributed by atoms with E-state index in [1.54, 1.807) is 32.4 Å². The van der Waals surface area contributed by atoms with Crippen molar-refractivity contribution in [2.75, 3.05) is 19.5 Å². The average molecular weight is 299 g/mol. The van der Waals surface area contributed by atoms with E-state index in [9.17, 15) is 4.79 Å². The first kappa shape index (κ1) is 15.9. The minimum absolute atomic E-state index is 0.0708. The number of hydrogen-bond donors (Lipinski definition) is 1. The summed E-state index contributed by atoms with van der Waals surface area (Å²) in [5.41, 5.74) is 4.07. The summed E-state index contributed by atoms with van der Waals surface area (Å²) >= 11 is 0. The molecule has 0 aliphatic rings. The van der Waals surface area contributed by atoms with Crippen LogP contribution in [0.2, 0.25) is 0 Å². The van der Waals surface area contributed by atoms with Crippen molar-refractivity contribution in [3.05, 3.63) is 53.1 Å². The number of ether oxygens (including phenoxy) is 2. The number of aryl methyl sites for hydroxylation is 2. The van der Waals surface area contributed by atoms with E-state index in [-0.39, 0.29) is 5.91 Å². The molecule has 0 bridgehead atoms. The van der Waals surface area contributed by atoms with Gasteiger partial charge in [-0.3, -0.25) is 4.79 Å². The number of nitrogens with one attached hydrogen (secondary N) is 1. The van der Waals surface area contributed by atoms with Gasteiger partial charge in [-0.25, -0.2) is 0 Å². The van der Waals surface area contributed by atoms with E-state index in [0.717, 1.165) is 5.56 Å². The molecule has 0 aliphatic heterocycles. The molecule has 116 valence electrons. The summed E-state index contributed by atoms with van der Waals surface area (Å²) in [7, 11) is 3.16. The molecule has 22 heavy (non-hydrogen) atoms. The Bertz CT molecular complexity index is 658. The van der Waals surface area contributed by atoms with E-state index in [4.69, 9.17) is 9.47 Å². The number of benzene rings is 2. The van der Waals surface area contributed by atoms with E-state index < -0.39 is 0 Å². The molecule has 2 rings (SSSR count). The molecule has 0 aliphatic carbocycles. The van der Waals surface area contributed by atoms with Crippen molar-refractivity contribution in [3.8, 4) is 11.5 Å². The van der Waals surface area contributed by atoms with Gasteiger partial charge in [0, 0.05) is 23.9 Å². The third-order valence-corrected chi connectivity index (χ3v) is 3.57. The van der Waals surface area contributed by atoms with Crippen LogP contribution in [-0.4, -0.2) is 20.1 Å². The van der Waals surface area contributed by atoms with Gasteiger partial charge in [-0.1, -0.05) is 18.2 Å². The van der Waals surface area contributed by atoms with Crippen molar-refractivity contribution < 1.29 is 14.3 Å². The van der Waals surface area contributed by atoms with E-state index in [1.807, 2.05) is 25.1 Å². The van der Waals surface area contributed by atoms with Crippen LogP contribution in [0.15, 0.2) is 36.4 Å². The average Bonchev–Trinajstić information content (AvgIpc) is 2.50. The van der Waals surface area contributed by atoms with Gasteiger partial charge in [0.25, 0.3) is 0 Å². The summed E-state index contributed by atoms with van der Waals surface area (Å²) in [6, 6.07) is 11.3. The van der Waals surface area contributed by atoms with Crippen LogP contribution in [0.5, 0.6) is 11.5 Å². The fourth-order valence-electron chi connectivity index (χ4n) is 2.18. The fourth-order valence-corrected chi connectivity index (χ4v) is 2.18. The minimum atomic E-state index is -0.0708. The molecule has 0 aromatic heterocycles. The predicted octanol–water partition coefficient (Wildman–Crippen LogP) is 3.50. The Kier molecular flexibility index (Phi) is 5.04. The van der Waals surface area contributed by atoms with Crippen molar-refractivity contribution in [2.24, 2.45) is 0 Å². The Hall–Kier alpha value is -2.49. The Morgan fingerprint density at radius 2 is 1.59 bits per heavy atom. The molecular formula is C18H21NO3. The molecule has 0 heterocycles. The highest BCUT2D eigenvalue weighted by Crippen LogP contribution is 2.25. The van der Waals surface area contributed by atoms with Gasteiger partial charge in [-0.05, 0) is 30.5 Å². The quantitative estimate of drug-likeness (QED) is 0.919. The highest BCUT2D eigenvalue weighted by atomic mass is 16.5.